The van der Waals surface area contributed by atoms with Crippen LogP contribution in [-0.4, -0.2) is 45.6 Å². The number of piperazine rings is 1. The van der Waals surface area contributed by atoms with E-state index >= 15 is 0 Å². The molecule has 0 spiro atoms. The normalized spacial score (nSPS) is 21.1. The number of nitrogens with two attached hydrogens (primary N) is 1. The van der Waals surface area contributed by atoms with Gasteiger partial charge in [0.25, 0.3) is 0 Å². The Bertz CT molecular complexity index is 456. The molecule has 7 heteroatoms. The largest absolute Gasteiger partial charge is 0.396 e. The van der Waals surface area contributed by atoms with E-state index in [1.807, 2.05) is 11.8 Å². The fraction of sp³-hybridized carbons (Fsp3) is 0.545. The highest BCUT2D eigenvalue weighted by atomic mass is 16.2. The van der Waals surface area contributed by atoms with E-state index in [1.54, 1.807) is 17.1 Å². The number of anilines is 1. The number of aromatic nitrogens is 2. The fourth-order valence-corrected chi connectivity index (χ4v) is 2.13. The molecular formula is C11H17N5O2. The Labute approximate surface area is 105 Å². The maximum atomic E-state index is 11.6. The highest BCUT2D eigenvalue weighted by Gasteiger charge is 2.31. The van der Waals surface area contributed by atoms with Crippen molar-refractivity contribution in [2.75, 3.05) is 18.8 Å². The maximum Gasteiger partial charge on any atom is 0.243 e. The Balaban J connectivity index is 1.97. The molecule has 1 atom stereocenters. The van der Waals surface area contributed by atoms with Crippen molar-refractivity contribution in [3.8, 4) is 0 Å². The minimum atomic E-state index is -0.246. The third-order valence-corrected chi connectivity index (χ3v) is 3.01. The first kappa shape index (κ1) is 12.6. The molecule has 1 aromatic heterocycles. The molecule has 0 bridgehead atoms. The lowest BCUT2D eigenvalue weighted by Gasteiger charge is -2.33. The van der Waals surface area contributed by atoms with Crippen LogP contribution in [0.3, 0.4) is 0 Å². The summed E-state index contributed by atoms with van der Waals surface area (Å²) in [5.74, 6) is -0.460. The molecule has 1 fully saturated rings. The van der Waals surface area contributed by atoms with Gasteiger partial charge in [-0.1, -0.05) is 6.92 Å². The molecule has 0 aliphatic carbocycles. The van der Waals surface area contributed by atoms with E-state index < -0.39 is 0 Å². The summed E-state index contributed by atoms with van der Waals surface area (Å²) in [4.78, 5) is 24.9. The zero-order valence-electron chi connectivity index (χ0n) is 10.3. The van der Waals surface area contributed by atoms with Crippen molar-refractivity contribution >= 4 is 17.5 Å². The van der Waals surface area contributed by atoms with Crippen molar-refractivity contribution in [1.29, 1.82) is 0 Å². The third-order valence-electron chi connectivity index (χ3n) is 3.01. The molecule has 1 unspecified atom stereocenters. The highest BCUT2D eigenvalue weighted by molar-refractivity contribution is 6.01. The fourth-order valence-electron chi connectivity index (χ4n) is 2.13. The number of nitrogens with zero attached hydrogens (tertiary/aromatic N) is 3. The molecule has 0 aromatic carbocycles. The molecule has 7 nitrogen and oxygen atoms in total. The zero-order chi connectivity index (χ0) is 13.1. The number of hydrogen-bond donors (Lipinski definition) is 2. The number of rotatable bonds is 4. The molecule has 98 valence electrons. The standard InChI is InChI=1S/C11H17N5O2/c1-2-9-11(18)14-10(17)7-15(9)3-4-16-6-8(12)5-13-16/h5-6,9H,2-4,7,12H2,1H3,(H,14,17,18). The van der Waals surface area contributed by atoms with Gasteiger partial charge in [0, 0.05) is 12.7 Å². The summed E-state index contributed by atoms with van der Waals surface area (Å²) in [6.07, 6.45) is 3.98. The zero-order valence-corrected chi connectivity index (χ0v) is 10.3. The Morgan fingerprint density at radius 2 is 2.28 bits per heavy atom. The van der Waals surface area contributed by atoms with Crippen LogP contribution in [0.4, 0.5) is 5.69 Å². The van der Waals surface area contributed by atoms with Gasteiger partial charge in [0.1, 0.15) is 0 Å². The molecule has 2 amide bonds. The first-order chi connectivity index (χ1) is 8.60. The topological polar surface area (TPSA) is 93.2 Å². The lowest BCUT2D eigenvalue weighted by atomic mass is 10.1. The number of nitrogens with one attached hydrogen (secondary N) is 1. The molecule has 0 saturated carbocycles. The molecule has 1 aliphatic heterocycles. The van der Waals surface area contributed by atoms with E-state index in [-0.39, 0.29) is 24.4 Å². The second-order valence-electron chi connectivity index (χ2n) is 4.34. The smallest absolute Gasteiger partial charge is 0.243 e. The number of imide groups is 1. The quantitative estimate of drug-likeness (QED) is 0.683. The second-order valence-corrected chi connectivity index (χ2v) is 4.34. The number of hydrogen-bond acceptors (Lipinski definition) is 5. The van der Waals surface area contributed by atoms with Gasteiger partial charge in [0.15, 0.2) is 0 Å². The SMILES string of the molecule is CCC1C(=O)NC(=O)CN1CCn1cc(N)cn1. The average Bonchev–Trinajstić information content (AvgIpc) is 2.72. The number of carbonyl (C=O) groups excluding carboxylic acids is 2. The molecule has 0 radical (unpaired) electrons. The maximum absolute atomic E-state index is 11.6. The molecule has 1 saturated heterocycles. The summed E-state index contributed by atoms with van der Waals surface area (Å²) in [5.41, 5.74) is 6.18. The second kappa shape index (κ2) is 5.18. The summed E-state index contributed by atoms with van der Waals surface area (Å²) < 4.78 is 1.71. The van der Waals surface area contributed by atoms with Crippen molar-refractivity contribution in [2.45, 2.75) is 25.9 Å². The van der Waals surface area contributed by atoms with Gasteiger partial charge >= 0.3 is 0 Å². The monoisotopic (exact) mass is 251 g/mol. The Hall–Kier alpha value is -1.89. The van der Waals surface area contributed by atoms with Crippen LogP contribution in [0.25, 0.3) is 0 Å². The van der Waals surface area contributed by atoms with Crippen LogP contribution in [0.5, 0.6) is 0 Å². The van der Waals surface area contributed by atoms with Crippen molar-refractivity contribution in [1.82, 2.24) is 20.0 Å². The summed E-state index contributed by atoms with van der Waals surface area (Å²) >= 11 is 0. The van der Waals surface area contributed by atoms with Crippen molar-refractivity contribution in [3.05, 3.63) is 12.4 Å². The van der Waals surface area contributed by atoms with Gasteiger partial charge in [-0.15, -0.1) is 0 Å². The van der Waals surface area contributed by atoms with Crippen LogP contribution >= 0.6 is 0 Å². The van der Waals surface area contributed by atoms with Crippen molar-refractivity contribution < 1.29 is 9.59 Å². The van der Waals surface area contributed by atoms with Gasteiger partial charge in [-0.3, -0.25) is 24.5 Å². The molecule has 1 aliphatic rings. The van der Waals surface area contributed by atoms with E-state index in [2.05, 4.69) is 10.4 Å². The van der Waals surface area contributed by atoms with Gasteiger partial charge in [0.2, 0.25) is 11.8 Å². The Morgan fingerprint density at radius 1 is 1.50 bits per heavy atom. The number of nitrogen functional groups attached to an aromatic ring is 1. The van der Waals surface area contributed by atoms with Crippen LogP contribution in [0.2, 0.25) is 0 Å². The van der Waals surface area contributed by atoms with E-state index in [4.69, 9.17) is 5.73 Å². The minimum Gasteiger partial charge on any atom is -0.396 e. The summed E-state index contributed by atoms with van der Waals surface area (Å²) in [5, 5.41) is 6.42. The van der Waals surface area contributed by atoms with Gasteiger partial charge in [-0.05, 0) is 6.42 Å². The first-order valence-electron chi connectivity index (χ1n) is 5.96. The molecule has 2 heterocycles. The van der Waals surface area contributed by atoms with Crippen LogP contribution in [0, 0.1) is 0 Å². The third kappa shape index (κ3) is 2.67. The van der Waals surface area contributed by atoms with E-state index in [9.17, 15) is 9.59 Å². The summed E-state index contributed by atoms with van der Waals surface area (Å²) in [6, 6.07) is -0.240. The van der Waals surface area contributed by atoms with Crippen LogP contribution in [0.1, 0.15) is 13.3 Å². The van der Waals surface area contributed by atoms with Crippen LogP contribution in [0.15, 0.2) is 12.4 Å². The first-order valence-corrected chi connectivity index (χ1v) is 5.96. The molecule has 1 aromatic rings. The number of carbonyl (C=O) groups is 2. The van der Waals surface area contributed by atoms with E-state index in [0.717, 1.165) is 0 Å². The van der Waals surface area contributed by atoms with Gasteiger partial charge in [-0.25, -0.2) is 0 Å². The lowest BCUT2D eigenvalue weighted by Crippen LogP contribution is -2.58. The molecular weight excluding hydrogens is 234 g/mol. The molecule has 18 heavy (non-hydrogen) atoms. The van der Waals surface area contributed by atoms with Gasteiger partial charge in [0.05, 0.1) is 31.0 Å². The van der Waals surface area contributed by atoms with Crippen LogP contribution in [-0.2, 0) is 16.1 Å². The predicted octanol–water partition coefficient (Wildman–Crippen LogP) is -0.798. The van der Waals surface area contributed by atoms with E-state index in [0.29, 0.717) is 25.2 Å². The average molecular weight is 251 g/mol. The van der Waals surface area contributed by atoms with Crippen LogP contribution < -0.4 is 11.1 Å². The predicted molar refractivity (Wildman–Crippen MR) is 65.4 cm³/mol. The summed E-state index contributed by atoms with van der Waals surface area (Å²) in [7, 11) is 0. The lowest BCUT2D eigenvalue weighted by molar-refractivity contribution is -0.140. The van der Waals surface area contributed by atoms with Crippen molar-refractivity contribution in [2.24, 2.45) is 0 Å². The minimum absolute atomic E-state index is 0.214. The Kier molecular flexibility index (Phi) is 3.61. The Morgan fingerprint density at radius 3 is 2.89 bits per heavy atom. The summed E-state index contributed by atoms with van der Waals surface area (Å²) in [6.45, 7) is 3.38. The molecule has 2 rings (SSSR count). The number of amides is 2. The molecule has 3 N–H and O–H groups in total. The van der Waals surface area contributed by atoms with Crippen molar-refractivity contribution in [3.63, 3.8) is 0 Å². The highest BCUT2D eigenvalue weighted by Crippen LogP contribution is 2.09. The van der Waals surface area contributed by atoms with E-state index in [1.165, 1.54) is 0 Å². The van der Waals surface area contributed by atoms with Gasteiger partial charge in [-0.2, -0.15) is 5.10 Å². The van der Waals surface area contributed by atoms with Gasteiger partial charge < -0.3 is 5.73 Å².